The molecule has 0 aliphatic rings. The molecule has 0 aromatic heterocycles. The Morgan fingerprint density at radius 1 is 0.885 bits per heavy atom. The smallest absolute Gasteiger partial charge is 0.265 e. The van der Waals surface area contributed by atoms with E-state index in [4.69, 9.17) is 10.6 Å². The van der Waals surface area contributed by atoms with Gasteiger partial charge in [0.05, 0.1) is 6.61 Å². The maximum atomic E-state index is 12.3. The van der Waals surface area contributed by atoms with Crippen LogP contribution in [0.15, 0.2) is 48.5 Å². The van der Waals surface area contributed by atoms with E-state index in [-0.39, 0.29) is 11.8 Å². The van der Waals surface area contributed by atoms with Crippen molar-refractivity contribution in [3.63, 3.8) is 0 Å². The van der Waals surface area contributed by atoms with Crippen LogP contribution in [0.1, 0.15) is 53.3 Å². The van der Waals surface area contributed by atoms with E-state index in [0.717, 1.165) is 12.2 Å². The second-order valence-electron chi connectivity index (χ2n) is 5.94. The number of hydrazine groups is 1. The predicted molar refractivity (Wildman–Crippen MR) is 102 cm³/mol. The summed E-state index contributed by atoms with van der Waals surface area (Å²) in [6, 6.07) is 13.5. The highest BCUT2D eigenvalue weighted by atomic mass is 16.5. The molecular weight excluding hydrogens is 330 g/mol. The van der Waals surface area contributed by atoms with Crippen molar-refractivity contribution in [2.45, 2.75) is 32.6 Å². The minimum Gasteiger partial charge on any atom is -0.494 e. The summed E-state index contributed by atoms with van der Waals surface area (Å²) in [5.74, 6) is 5.24. The van der Waals surface area contributed by atoms with Gasteiger partial charge in [0.15, 0.2) is 0 Å². The molecule has 6 heteroatoms. The second kappa shape index (κ2) is 10.2. The van der Waals surface area contributed by atoms with E-state index in [9.17, 15) is 9.59 Å². The first kappa shape index (κ1) is 19.5. The molecule has 0 fully saturated rings. The van der Waals surface area contributed by atoms with Gasteiger partial charge in [-0.25, -0.2) is 5.84 Å². The number of hydrogen-bond acceptors (Lipinski definition) is 4. The van der Waals surface area contributed by atoms with Gasteiger partial charge in [0.1, 0.15) is 5.75 Å². The van der Waals surface area contributed by atoms with Crippen LogP contribution in [0.3, 0.4) is 0 Å². The maximum Gasteiger partial charge on any atom is 0.265 e. The third kappa shape index (κ3) is 5.89. The van der Waals surface area contributed by atoms with Gasteiger partial charge in [-0.05, 0) is 55.0 Å². The molecule has 0 saturated heterocycles. The molecule has 0 unspecified atom stereocenters. The Kier molecular flexibility index (Phi) is 7.64. The average Bonchev–Trinajstić information content (AvgIpc) is 2.68. The predicted octanol–water partition coefficient (Wildman–Crippen LogP) is 3.50. The number of hydrogen-bond donors (Lipinski definition) is 3. The topological polar surface area (TPSA) is 93.4 Å². The summed E-state index contributed by atoms with van der Waals surface area (Å²) in [4.78, 5) is 23.7. The molecule has 138 valence electrons. The van der Waals surface area contributed by atoms with Gasteiger partial charge in [0, 0.05) is 16.8 Å². The number of nitrogens with one attached hydrogen (secondary N) is 2. The molecule has 4 N–H and O–H groups in total. The zero-order valence-electron chi connectivity index (χ0n) is 15.0. The molecular formula is C20H25N3O3. The average molecular weight is 355 g/mol. The molecule has 0 spiro atoms. The van der Waals surface area contributed by atoms with Gasteiger partial charge in [-0.3, -0.25) is 15.0 Å². The summed E-state index contributed by atoms with van der Waals surface area (Å²) in [5.41, 5.74) is 3.61. The Labute approximate surface area is 153 Å². The van der Waals surface area contributed by atoms with Gasteiger partial charge >= 0.3 is 0 Å². The van der Waals surface area contributed by atoms with Crippen LogP contribution in [0.2, 0.25) is 0 Å². The Bertz CT molecular complexity index is 712. The number of nitrogen functional groups attached to an aromatic ring is 1. The fourth-order valence-corrected chi connectivity index (χ4v) is 2.41. The molecule has 6 nitrogen and oxygen atoms in total. The number of ether oxygens (including phenoxy) is 1. The third-order valence-corrected chi connectivity index (χ3v) is 3.92. The number of benzene rings is 2. The number of unbranched alkanes of at least 4 members (excludes halogenated alkanes) is 3. The Hall–Kier alpha value is -2.86. The van der Waals surface area contributed by atoms with Crippen molar-refractivity contribution in [2.75, 3.05) is 11.9 Å². The molecule has 0 radical (unpaired) electrons. The minimum absolute atomic E-state index is 0.226. The van der Waals surface area contributed by atoms with Crippen LogP contribution in [-0.4, -0.2) is 18.4 Å². The number of rotatable bonds is 9. The molecule has 0 atom stereocenters. The number of amides is 2. The molecule has 0 heterocycles. The van der Waals surface area contributed by atoms with Crippen LogP contribution in [0.4, 0.5) is 5.69 Å². The SMILES string of the molecule is CCCCCCOc1ccc(C(=O)Nc2ccc(C(=O)NN)cc2)cc1. The molecule has 2 rings (SSSR count). The lowest BCUT2D eigenvalue weighted by Crippen LogP contribution is -2.29. The van der Waals surface area contributed by atoms with E-state index in [1.807, 2.05) is 0 Å². The number of anilines is 1. The van der Waals surface area contributed by atoms with E-state index < -0.39 is 0 Å². The summed E-state index contributed by atoms with van der Waals surface area (Å²) in [5, 5.41) is 2.79. The van der Waals surface area contributed by atoms with Gasteiger partial charge in [-0.1, -0.05) is 26.2 Å². The quantitative estimate of drug-likeness (QED) is 0.278. The lowest BCUT2D eigenvalue weighted by molar-refractivity contribution is 0.0953. The zero-order valence-corrected chi connectivity index (χ0v) is 15.0. The molecule has 0 aliphatic carbocycles. The highest BCUT2D eigenvalue weighted by Gasteiger charge is 2.08. The van der Waals surface area contributed by atoms with E-state index in [2.05, 4.69) is 17.7 Å². The van der Waals surface area contributed by atoms with Gasteiger partial charge in [-0.2, -0.15) is 0 Å². The molecule has 2 amide bonds. The first-order valence-electron chi connectivity index (χ1n) is 8.79. The lowest BCUT2D eigenvalue weighted by atomic mass is 10.1. The van der Waals surface area contributed by atoms with Crippen LogP contribution in [0.5, 0.6) is 5.75 Å². The van der Waals surface area contributed by atoms with Crippen LogP contribution in [-0.2, 0) is 0 Å². The Morgan fingerprint density at radius 2 is 1.50 bits per heavy atom. The van der Waals surface area contributed by atoms with Crippen molar-refractivity contribution in [2.24, 2.45) is 5.84 Å². The van der Waals surface area contributed by atoms with Gasteiger partial charge in [0.2, 0.25) is 0 Å². The van der Waals surface area contributed by atoms with Gasteiger partial charge in [-0.15, -0.1) is 0 Å². The fourth-order valence-electron chi connectivity index (χ4n) is 2.41. The van der Waals surface area contributed by atoms with E-state index in [1.54, 1.807) is 48.5 Å². The second-order valence-corrected chi connectivity index (χ2v) is 5.94. The lowest BCUT2D eigenvalue weighted by Gasteiger charge is -2.08. The van der Waals surface area contributed by atoms with Crippen molar-refractivity contribution in [1.82, 2.24) is 5.43 Å². The zero-order chi connectivity index (χ0) is 18.8. The van der Waals surface area contributed by atoms with Crippen LogP contribution in [0, 0.1) is 0 Å². The van der Waals surface area contributed by atoms with E-state index in [1.165, 1.54) is 19.3 Å². The van der Waals surface area contributed by atoms with E-state index >= 15 is 0 Å². The summed E-state index contributed by atoms with van der Waals surface area (Å²) in [6.45, 7) is 2.87. The highest BCUT2D eigenvalue weighted by molar-refractivity contribution is 6.04. The summed E-state index contributed by atoms with van der Waals surface area (Å²) in [6.07, 6.45) is 4.63. The van der Waals surface area contributed by atoms with Crippen molar-refractivity contribution in [3.8, 4) is 5.75 Å². The normalized spacial score (nSPS) is 10.2. The molecule has 0 saturated carbocycles. The summed E-state index contributed by atoms with van der Waals surface area (Å²) < 4.78 is 5.67. The van der Waals surface area contributed by atoms with Gasteiger partial charge in [0.25, 0.3) is 11.8 Å². The number of nitrogens with two attached hydrogens (primary N) is 1. The van der Waals surface area contributed by atoms with Crippen molar-refractivity contribution in [1.29, 1.82) is 0 Å². The van der Waals surface area contributed by atoms with Crippen LogP contribution in [0.25, 0.3) is 0 Å². The van der Waals surface area contributed by atoms with Crippen molar-refractivity contribution >= 4 is 17.5 Å². The summed E-state index contributed by atoms with van der Waals surface area (Å²) >= 11 is 0. The fraction of sp³-hybridized carbons (Fsp3) is 0.300. The van der Waals surface area contributed by atoms with Crippen LogP contribution < -0.4 is 21.3 Å². The number of carbonyl (C=O) groups is 2. The molecule has 0 aliphatic heterocycles. The van der Waals surface area contributed by atoms with Gasteiger partial charge < -0.3 is 10.1 Å². The standard InChI is InChI=1S/C20H25N3O3/c1-2-3-4-5-14-26-18-12-8-15(9-13-18)19(24)22-17-10-6-16(7-11-17)20(25)23-21/h6-13H,2-5,14,21H2,1H3,(H,22,24)(H,23,25). The largest absolute Gasteiger partial charge is 0.494 e. The van der Waals surface area contributed by atoms with Crippen molar-refractivity contribution < 1.29 is 14.3 Å². The molecule has 26 heavy (non-hydrogen) atoms. The van der Waals surface area contributed by atoms with Crippen LogP contribution >= 0.6 is 0 Å². The maximum absolute atomic E-state index is 12.3. The monoisotopic (exact) mass is 355 g/mol. The first-order chi connectivity index (χ1) is 12.6. The molecule has 2 aromatic rings. The van der Waals surface area contributed by atoms with Crippen molar-refractivity contribution in [3.05, 3.63) is 59.7 Å². The molecule has 2 aromatic carbocycles. The minimum atomic E-state index is -0.381. The Balaban J connectivity index is 1.86. The Morgan fingerprint density at radius 3 is 2.12 bits per heavy atom. The highest BCUT2D eigenvalue weighted by Crippen LogP contribution is 2.15. The molecule has 0 bridgehead atoms. The first-order valence-corrected chi connectivity index (χ1v) is 8.79. The number of carbonyl (C=O) groups excluding carboxylic acids is 2. The summed E-state index contributed by atoms with van der Waals surface area (Å²) in [7, 11) is 0. The van der Waals surface area contributed by atoms with E-state index in [0.29, 0.717) is 23.4 Å². The third-order valence-electron chi connectivity index (χ3n) is 3.92.